The Morgan fingerprint density at radius 3 is 1.62 bits per heavy atom. The van der Waals surface area contributed by atoms with Crippen molar-refractivity contribution in [1.29, 1.82) is 0 Å². The van der Waals surface area contributed by atoms with Crippen molar-refractivity contribution < 1.29 is 9.59 Å². The first kappa shape index (κ1) is 17.2. The molecule has 4 nitrogen and oxygen atoms in total. The van der Waals surface area contributed by atoms with E-state index in [1.807, 2.05) is 0 Å². The van der Waals surface area contributed by atoms with Gasteiger partial charge in [-0.3, -0.25) is 9.59 Å². The number of carbonyl (C=O) groups is 2. The first-order valence-electron chi connectivity index (χ1n) is 7.85. The van der Waals surface area contributed by atoms with E-state index in [2.05, 4.69) is 24.5 Å². The van der Waals surface area contributed by atoms with Crippen molar-refractivity contribution in [2.75, 3.05) is 13.1 Å². The van der Waals surface area contributed by atoms with Gasteiger partial charge in [0.25, 0.3) is 11.8 Å². The molecule has 0 radical (unpaired) electrons. The zero-order chi connectivity index (χ0) is 15.5. The Morgan fingerprint density at radius 1 is 0.762 bits per heavy atom. The fourth-order valence-corrected chi connectivity index (χ4v) is 1.93. The minimum Gasteiger partial charge on any atom is -0.352 e. The summed E-state index contributed by atoms with van der Waals surface area (Å²) in [6.45, 7) is 5.60. The van der Waals surface area contributed by atoms with Gasteiger partial charge in [0.2, 0.25) is 0 Å². The zero-order valence-electron chi connectivity index (χ0n) is 13.1. The molecule has 2 amide bonds. The molecule has 0 atom stereocenters. The van der Waals surface area contributed by atoms with Crippen LogP contribution in [0.25, 0.3) is 0 Å². The molecular weight excluding hydrogens is 264 g/mol. The molecule has 1 aromatic carbocycles. The van der Waals surface area contributed by atoms with Crippen LogP contribution in [0.4, 0.5) is 0 Å². The third kappa shape index (κ3) is 6.43. The molecule has 0 saturated heterocycles. The highest BCUT2D eigenvalue weighted by atomic mass is 16.2. The SMILES string of the molecule is CCCCCNC(=O)c1ccc(C(=O)NCCCC)cc1. The second-order valence-electron chi connectivity index (χ2n) is 5.15. The molecule has 21 heavy (non-hydrogen) atoms. The average Bonchev–Trinajstić information content (AvgIpc) is 2.51. The summed E-state index contributed by atoms with van der Waals surface area (Å²) < 4.78 is 0. The van der Waals surface area contributed by atoms with E-state index < -0.39 is 0 Å². The number of hydrogen-bond acceptors (Lipinski definition) is 2. The van der Waals surface area contributed by atoms with Crippen molar-refractivity contribution in [3.63, 3.8) is 0 Å². The molecule has 0 spiro atoms. The van der Waals surface area contributed by atoms with Crippen LogP contribution in [0.1, 0.15) is 66.7 Å². The van der Waals surface area contributed by atoms with Crippen LogP contribution >= 0.6 is 0 Å². The largest absolute Gasteiger partial charge is 0.352 e. The van der Waals surface area contributed by atoms with E-state index in [1.165, 1.54) is 0 Å². The first-order chi connectivity index (χ1) is 10.2. The lowest BCUT2D eigenvalue weighted by Gasteiger charge is -2.07. The van der Waals surface area contributed by atoms with Crippen LogP contribution in [0.2, 0.25) is 0 Å². The number of carbonyl (C=O) groups excluding carboxylic acids is 2. The third-order valence-electron chi connectivity index (χ3n) is 3.29. The summed E-state index contributed by atoms with van der Waals surface area (Å²) in [5.74, 6) is -0.164. The molecule has 4 heteroatoms. The lowest BCUT2D eigenvalue weighted by molar-refractivity contribution is 0.0941. The quantitative estimate of drug-likeness (QED) is 0.686. The molecule has 0 aliphatic carbocycles. The zero-order valence-corrected chi connectivity index (χ0v) is 13.1. The fourth-order valence-electron chi connectivity index (χ4n) is 1.93. The first-order valence-corrected chi connectivity index (χ1v) is 7.85. The summed E-state index contributed by atoms with van der Waals surface area (Å²) in [4.78, 5) is 23.7. The number of amides is 2. The van der Waals surface area contributed by atoms with Gasteiger partial charge < -0.3 is 10.6 Å². The minimum absolute atomic E-state index is 0.0796. The molecule has 0 aromatic heterocycles. The number of rotatable bonds is 9. The van der Waals surface area contributed by atoms with E-state index in [0.29, 0.717) is 24.2 Å². The summed E-state index contributed by atoms with van der Waals surface area (Å²) in [6, 6.07) is 6.79. The van der Waals surface area contributed by atoms with Crippen molar-refractivity contribution in [1.82, 2.24) is 10.6 Å². The molecule has 2 N–H and O–H groups in total. The second kappa shape index (κ2) is 9.97. The van der Waals surface area contributed by atoms with Gasteiger partial charge in [0.15, 0.2) is 0 Å². The van der Waals surface area contributed by atoms with Crippen LogP contribution in [0.3, 0.4) is 0 Å². The van der Waals surface area contributed by atoms with Crippen LogP contribution in [-0.2, 0) is 0 Å². The lowest BCUT2D eigenvalue weighted by atomic mass is 10.1. The third-order valence-corrected chi connectivity index (χ3v) is 3.29. The Kier molecular flexibility index (Phi) is 8.17. The highest BCUT2D eigenvalue weighted by molar-refractivity contribution is 5.97. The number of nitrogens with one attached hydrogen (secondary N) is 2. The fraction of sp³-hybridized carbons (Fsp3) is 0.529. The molecule has 0 unspecified atom stereocenters. The van der Waals surface area contributed by atoms with E-state index in [9.17, 15) is 9.59 Å². The predicted octanol–water partition coefficient (Wildman–Crippen LogP) is 3.14. The van der Waals surface area contributed by atoms with Gasteiger partial charge in [-0.1, -0.05) is 33.1 Å². The Morgan fingerprint density at radius 2 is 1.19 bits per heavy atom. The Labute approximate surface area is 127 Å². The molecule has 0 bridgehead atoms. The maximum atomic E-state index is 11.9. The van der Waals surface area contributed by atoms with Gasteiger partial charge in [-0.15, -0.1) is 0 Å². The molecule has 1 rings (SSSR count). The summed E-state index contributed by atoms with van der Waals surface area (Å²) >= 11 is 0. The average molecular weight is 290 g/mol. The molecule has 0 heterocycles. The molecule has 0 aliphatic rings. The van der Waals surface area contributed by atoms with Gasteiger partial charge in [-0.05, 0) is 37.1 Å². The van der Waals surface area contributed by atoms with Crippen LogP contribution in [0, 0.1) is 0 Å². The Balaban J connectivity index is 2.45. The van der Waals surface area contributed by atoms with Gasteiger partial charge in [-0.2, -0.15) is 0 Å². The van der Waals surface area contributed by atoms with Crippen LogP contribution < -0.4 is 10.6 Å². The van der Waals surface area contributed by atoms with E-state index in [4.69, 9.17) is 0 Å². The van der Waals surface area contributed by atoms with Gasteiger partial charge in [0.1, 0.15) is 0 Å². The second-order valence-corrected chi connectivity index (χ2v) is 5.15. The standard InChI is InChI=1S/C17H26N2O2/c1-3-5-7-13-19-17(21)15-10-8-14(9-11-15)16(20)18-12-6-4-2/h8-11H,3-7,12-13H2,1-2H3,(H,18,20)(H,19,21). The summed E-state index contributed by atoms with van der Waals surface area (Å²) in [5.41, 5.74) is 1.19. The summed E-state index contributed by atoms with van der Waals surface area (Å²) in [6.07, 6.45) is 5.29. The number of unbranched alkanes of at least 4 members (excludes halogenated alkanes) is 3. The van der Waals surface area contributed by atoms with Crippen molar-refractivity contribution in [3.05, 3.63) is 35.4 Å². The molecule has 116 valence electrons. The van der Waals surface area contributed by atoms with E-state index >= 15 is 0 Å². The van der Waals surface area contributed by atoms with E-state index in [0.717, 1.165) is 32.1 Å². The van der Waals surface area contributed by atoms with Crippen molar-refractivity contribution in [3.8, 4) is 0 Å². The minimum atomic E-state index is -0.0849. The molecule has 1 aromatic rings. The van der Waals surface area contributed by atoms with Gasteiger partial charge >= 0.3 is 0 Å². The van der Waals surface area contributed by atoms with Gasteiger partial charge in [0.05, 0.1) is 0 Å². The summed E-state index contributed by atoms with van der Waals surface area (Å²) in [5, 5.41) is 5.74. The highest BCUT2D eigenvalue weighted by Crippen LogP contribution is 2.05. The Bertz CT molecular complexity index is 441. The Hall–Kier alpha value is -1.84. The van der Waals surface area contributed by atoms with Crippen molar-refractivity contribution in [2.45, 2.75) is 46.0 Å². The van der Waals surface area contributed by atoms with Crippen LogP contribution in [0.15, 0.2) is 24.3 Å². The normalized spacial score (nSPS) is 10.2. The van der Waals surface area contributed by atoms with E-state index in [-0.39, 0.29) is 11.8 Å². The number of benzene rings is 1. The van der Waals surface area contributed by atoms with Crippen LogP contribution in [0.5, 0.6) is 0 Å². The lowest BCUT2D eigenvalue weighted by Crippen LogP contribution is -2.25. The molecular formula is C17H26N2O2. The number of hydrogen-bond donors (Lipinski definition) is 2. The van der Waals surface area contributed by atoms with E-state index in [1.54, 1.807) is 24.3 Å². The molecule has 0 saturated carbocycles. The van der Waals surface area contributed by atoms with Crippen molar-refractivity contribution >= 4 is 11.8 Å². The van der Waals surface area contributed by atoms with Gasteiger partial charge in [0, 0.05) is 24.2 Å². The maximum Gasteiger partial charge on any atom is 0.251 e. The van der Waals surface area contributed by atoms with Gasteiger partial charge in [-0.25, -0.2) is 0 Å². The summed E-state index contributed by atoms with van der Waals surface area (Å²) in [7, 11) is 0. The van der Waals surface area contributed by atoms with Crippen LogP contribution in [-0.4, -0.2) is 24.9 Å². The smallest absolute Gasteiger partial charge is 0.251 e. The van der Waals surface area contributed by atoms with Crippen molar-refractivity contribution in [2.24, 2.45) is 0 Å². The molecule has 0 aliphatic heterocycles. The monoisotopic (exact) mass is 290 g/mol. The predicted molar refractivity (Wildman–Crippen MR) is 85.5 cm³/mol. The topological polar surface area (TPSA) is 58.2 Å². The highest BCUT2D eigenvalue weighted by Gasteiger charge is 2.08. The maximum absolute atomic E-state index is 11.9. The molecule has 0 fully saturated rings.